The van der Waals surface area contributed by atoms with E-state index in [1.165, 1.54) is 64.2 Å². The Morgan fingerprint density at radius 1 is 0.903 bits per heavy atom. The second-order valence-corrected chi connectivity index (χ2v) is 13.3. The third kappa shape index (κ3) is 8.00. The van der Waals surface area contributed by atoms with Gasteiger partial charge < -0.3 is 4.74 Å². The lowest BCUT2D eigenvalue weighted by Gasteiger charge is -2.37. The maximum absolute atomic E-state index is 12.9. The summed E-state index contributed by atoms with van der Waals surface area (Å²) < 4.78 is 41.6. The molecule has 3 rings (SSSR count). The van der Waals surface area contributed by atoms with Crippen molar-refractivity contribution in [1.82, 2.24) is 0 Å². The Labute approximate surface area is 188 Å². The van der Waals surface area contributed by atoms with Crippen LogP contribution in [0, 0.1) is 17.8 Å². The van der Waals surface area contributed by atoms with Crippen molar-refractivity contribution in [2.24, 2.45) is 17.8 Å². The summed E-state index contributed by atoms with van der Waals surface area (Å²) >= 11 is 0. The van der Waals surface area contributed by atoms with Crippen LogP contribution in [0.1, 0.15) is 76.7 Å². The fourth-order valence-electron chi connectivity index (χ4n) is 5.82. The number of hydrogen-bond acceptors (Lipinski definition) is 1. The molecule has 0 bridgehead atoms. The lowest BCUT2D eigenvalue weighted by atomic mass is 9.73. The number of aryl methyl sites for hydroxylation is 1. The van der Waals surface area contributed by atoms with Crippen molar-refractivity contribution in [3.8, 4) is 5.75 Å². The van der Waals surface area contributed by atoms with Gasteiger partial charge in [0.25, 0.3) is 0 Å². The van der Waals surface area contributed by atoms with Crippen molar-refractivity contribution in [3.63, 3.8) is 0 Å². The van der Waals surface area contributed by atoms with Gasteiger partial charge in [0.15, 0.2) is 0 Å². The summed E-state index contributed by atoms with van der Waals surface area (Å²) in [6, 6.07) is 9.82. The fourth-order valence-corrected chi connectivity index (χ4v) is 9.35. The van der Waals surface area contributed by atoms with Gasteiger partial charge in [-0.1, -0.05) is 82.1 Å². The number of hydrogen-bond donors (Lipinski definition) is 0. The first-order valence-corrected chi connectivity index (χ1v) is 15.0. The summed E-state index contributed by atoms with van der Waals surface area (Å²) in [5.74, 6) is 2.88. The highest BCUT2D eigenvalue weighted by Crippen LogP contribution is 2.42. The quantitative estimate of drug-likeness (QED) is 0.196. The van der Waals surface area contributed by atoms with Crippen LogP contribution in [0.3, 0.4) is 0 Å². The number of halogens is 3. The van der Waals surface area contributed by atoms with Crippen LogP contribution in [-0.4, -0.2) is 8.80 Å². The fraction of sp³-hybridized carbons (Fsp3) is 0.692. The predicted octanol–water partition coefficient (Wildman–Crippen LogP) is 8.67. The molecule has 5 heteroatoms. The summed E-state index contributed by atoms with van der Waals surface area (Å²) in [5, 5.41) is 0. The molecule has 174 valence electrons. The first kappa shape index (κ1) is 24.4. The molecule has 0 spiro atoms. The van der Waals surface area contributed by atoms with Gasteiger partial charge in [0, 0.05) is 8.80 Å². The molecule has 0 N–H and O–H groups in total. The minimum absolute atomic E-state index is 0.109. The molecular weight excluding hydrogens is 413 g/mol. The van der Waals surface area contributed by atoms with Gasteiger partial charge in [-0.2, -0.15) is 13.2 Å². The first-order chi connectivity index (χ1) is 15.0. The number of rotatable bonds is 10. The molecule has 1 nitrogen and oxygen atoms in total. The molecule has 1 aliphatic heterocycles. The van der Waals surface area contributed by atoms with Gasteiger partial charge in [-0.15, -0.1) is 0 Å². The van der Waals surface area contributed by atoms with E-state index < -0.39 is 20.9 Å². The molecule has 0 atom stereocenters. The molecule has 2 fully saturated rings. The molecule has 2 aliphatic rings. The molecule has 1 saturated carbocycles. The van der Waals surface area contributed by atoms with Gasteiger partial charge in [-0.05, 0) is 61.1 Å². The number of benzene rings is 1. The van der Waals surface area contributed by atoms with Crippen LogP contribution in [0.25, 0.3) is 0 Å². The molecule has 1 aliphatic carbocycles. The van der Waals surface area contributed by atoms with Crippen LogP contribution in [0.2, 0.25) is 18.1 Å². The molecular formula is C26H39F3OSi. The topological polar surface area (TPSA) is 9.23 Å². The highest BCUT2D eigenvalue weighted by atomic mass is 28.3. The second kappa shape index (κ2) is 12.7. The Balaban J connectivity index is 1.33. The first-order valence-electron chi connectivity index (χ1n) is 12.5. The van der Waals surface area contributed by atoms with E-state index in [4.69, 9.17) is 0 Å². The molecule has 0 amide bonds. The zero-order valence-corrected chi connectivity index (χ0v) is 20.2. The molecule has 1 aromatic rings. The van der Waals surface area contributed by atoms with E-state index in [-0.39, 0.29) is 5.75 Å². The Kier molecular flexibility index (Phi) is 10.0. The van der Waals surface area contributed by atoms with Crippen molar-refractivity contribution < 1.29 is 17.9 Å². The lowest BCUT2D eigenvalue weighted by Crippen LogP contribution is -2.28. The Hall–Kier alpha value is -1.23. The summed E-state index contributed by atoms with van der Waals surface area (Å²) in [4.78, 5) is 0. The van der Waals surface area contributed by atoms with Crippen LogP contribution in [-0.2, 0) is 6.42 Å². The maximum Gasteiger partial charge on any atom is 0.344 e. The zero-order chi connectivity index (χ0) is 22.1. The summed E-state index contributed by atoms with van der Waals surface area (Å²) in [6.45, 7) is 2.31. The summed E-state index contributed by atoms with van der Waals surface area (Å²) in [6.07, 6.45) is 12.6. The zero-order valence-electron chi connectivity index (χ0n) is 19.1. The summed E-state index contributed by atoms with van der Waals surface area (Å²) in [7, 11) is -0.396. The molecule has 1 heterocycles. The van der Waals surface area contributed by atoms with Crippen molar-refractivity contribution in [1.29, 1.82) is 0 Å². The highest BCUT2D eigenvalue weighted by molar-refractivity contribution is 6.58. The average Bonchev–Trinajstić information content (AvgIpc) is 2.79. The van der Waals surface area contributed by atoms with Crippen molar-refractivity contribution in [2.75, 3.05) is 0 Å². The maximum atomic E-state index is 12.9. The third-order valence-corrected chi connectivity index (χ3v) is 11.3. The molecule has 0 radical (unpaired) electrons. The van der Waals surface area contributed by atoms with Crippen molar-refractivity contribution in [3.05, 3.63) is 41.9 Å². The van der Waals surface area contributed by atoms with Crippen LogP contribution in [0.4, 0.5) is 13.2 Å². The minimum atomic E-state index is -2.43. The predicted molar refractivity (Wildman–Crippen MR) is 125 cm³/mol. The van der Waals surface area contributed by atoms with Crippen LogP contribution in [0.15, 0.2) is 36.4 Å². The number of unbranched alkanes of at least 4 members (excludes halogenated alkanes) is 2. The number of ether oxygens (including phenoxy) is 1. The van der Waals surface area contributed by atoms with E-state index in [1.807, 2.05) is 12.1 Å². The van der Waals surface area contributed by atoms with Crippen molar-refractivity contribution >= 4 is 8.80 Å². The highest BCUT2D eigenvalue weighted by Gasteiger charge is 2.30. The second-order valence-electron chi connectivity index (χ2n) is 9.88. The Morgan fingerprint density at radius 3 is 2.16 bits per heavy atom. The van der Waals surface area contributed by atoms with Crippen molar-refractivity contribution in [2.45, 2.75) is 95.7 Å². The molecule has 1 saturated heterocycles. The Morgan fingerprint density at radius 2 is 1.55 bits per heavy atom. The average molecular weight is 453 g/mol. The lowest BCUT2D eigenvalue weighted by molar-refractivity contribution is 0.186. The van der Waals surface area contributed by atoms with Gasteiger partial charge in [0.2, 0.25) is 0 Å². The normalized spacial score (nSPS) is 26.5. The summed E-state index contributed by atoms with van der Waals surface area (Å²) in [5.41, 5.74) is 1.16. The van der Waals surface area contributed by atoms with E-state index in [0.717, 1.165) is 29.7 Å². The van der Waals surface area contributed by atoms with Crippen LogP contribution in [0.5, 0.6) is 5.75 Å². The largest absolute Gasteiger partial charge is 0.428 e. The third-order valence-electron chi connectivity index (χ3n) is 7.79. The van der Waals surface area contributed by atoms with E-state index in [0.29, 0.717) is 0 Å². The molecule has 0 aromatic heterocycles. The Bertz CT molecular complexity index is 670. The minimum Gasteiger partial charge on any atom is -0.428 e. The smallest absolute Gasteiger partial charge is 0.344 e. The van der Waals surface area contributed by atoms with E-state index >= 15 is 0 Å². The monoisotopic (exact) mass is 452 g/mol. The van der Waals surface area contributed by atoms with Gasteiger partial charge in [0.05, 0.1) is 0 Å². The van der Waals surface area contributed by atoms with Gasteiger partial charge >= 0.3 is 12.1 Å². The standard InChI is InChI=1S/C26H39F3OSi/c1-2-3-4-17-31-18-15-23(16-19-31)22-11-7-20(8-12-22)5-6-21-9-13-24(14-10-21)30-26(29)25(27)28/h9-10,13-14,20,22-23,31H,2-8,11-12,15-19H2,1H3. The van der Waals surface area contributed by atoms with Gasteiger partial charge in [-0.3, -0.25) is 0 Å². The SMILES string of the molecule is CCCCC[SiH]1CCC(C2CCC(CCc3ccc(OC(F)=C(F)F)cc3)CC2)CC1. The van der Waals surface area contributed by atoms with Gasteiger partial charge in [-0.25, -0.2) is 0 Å². The van der Waals surface area contributed by atoms with E-state index in [9.17, 15) is 13.2 Å². The van der Waals surface area contributed by atoms with Crippen LogP contribution >= 0.6 is 0 Å². The molecule has 0 unspecified atom stereocenters. The van der Waals surface area contributed by atoms with E-state index in [2.05, 4.69) is 11.7 Å². The van der Waals surface area contributed by atoms with Crippen LogP contribution < -0.4 is 4.74 Å². The van der Waals surface area contributed by atoms with Gasteiger partial charge in [0.1, 0.15) is 5.75 Å². The van der Waals surface area contributed by atoms with E-state index in [1.54, 1.807) is 30.3 Å². The molecule has 1 aromatic carbocycles. The molecule has 31 heavy (non-hydrogen) atoms.